The van der Waals surface area contributed by atoms with Crippen molar-refractivity contribution in [3.8, 4) is 0 Å². The van der Waals surface area contributed by atoms with Crippen LogP contribution in [0.3, 0.4) is 0 Å². The average Bonchev–Trinajstić information content (AvgIpc) is 2.42. The normalized spacial score (nSPS) is 9.94. The quantitative estimate of drug-likeness (QED) is 0.567. The van der Waals surface area contributed by atoms with Gasteiger partial charge in [-0.2, -0.15) is 0 Å². The third kappa shape index (κ3) is 2.99. The van der Waals surface area contributed by atoms with Crippen LogP contribution in [0.1, 0.15) is 13.8 Å². The monoisotopic (exact) mass is 252 g/mol. The highest BCUT2D eigenvalue weighted by Crippen LogP contribution is 2.41. The fourth-order valence-corrected chi connectivity index (χ4v) is 4.24. The van der Waals surface area contributed by atoms with Gasteiger partial charge in [0, 0.05) is 5.31 Å². The zero-order valence-electron chi connectivity index (χ0n) is 10.8. The summed E-state index contributed by atoms with van der Waals surface area (Å²) in [4.78, 5) is 0. The summed E-state index contributed by atoms with van der Waals surface area (Å²) in [5.74, 6) is 0. The lowest BCUT2D eigenvalue weighted by Gasteiger charge is -2.18. The first-order valence-corrected chi connectivity index (χ1v) is 7.45. The predicted octanol–water partition coefficient (Wildman–Crippen LogP) is 4.20. The summed E-state index contributed by atoms with van der Waals surface area (Å²) in [5.41, 5.74) is 3.36. The first-order valence-electron chi connectivity index (χ1n) is 6.11. The second-order valence-corrected chi connectivity index (χ2v) is 6.40. The molecule has 0 bridgehead atoms. The molecule has 2 aromatic rings. The zero-order valence-corrected chi connectivity index (χ0v) is 11.7. The topological polar surface area (TPSA) is 0 Å². The Morgan fingerprint density at radius 1 is 0.889 bits per heavy atom. The van der Waals surface area contributed by atoms with Crippen LogP contribution in [-0.4, -0.2) is 0 Å². The number of allylic oxidation sites excluding steroid dienone is 1. The maximum atomic E-state index is 3.36. The van der Waals surface area contributed by atoms with Crippen molar-refractivity contribution in [2.75, 3.05) is 0 Å². The van der Waals surface area contributed by atoms with Crippen molar-refractivity contribution < 1.29 is 0 Å². The summed E-state index contributed by atoms with van der Waals surface area (Å²) >= 11 is 0. The predicted molar refractivity (Wildman–Crippen MR) is 82.0 cm³/mol. The summed E-state index contributed by atoms with van der Waals surface area (Å²) < 4.78 is 0. The highest BCUT2D eigenvalue weighted by Gasteiger charge is 2.14. The Morgan fingerprint density at radius 2 is 1.33 bits per heavy atom. The molecule has 0 radical (unpaired) electrons. The molecule has 0 atom stereocenters. The second-order valence-electron chi connectivity index (χ2n) is 4.02. The van der Waals surface area contributed by atoms with Gasteiger partial charge in [0.2, 0.25) is 0 Å². The third-order valence-corrected chi connectivity index (χ3v) is 5.15. The van der Waals surface area contributed by atoms with Crippen molar-refractivity contribution in [2.24, 2.45) is 0 Å². The van der Waals surface area contributed by atoms with E-state index in [0.717, 1.165) is 0 Å². The Morgan fingerprint density at radius 3 is 1.72 bits per heavy atom. The van der Waals surface area contributed by atoms with Crippen molar-refractivity contribution in [3.05, 3.63) is 77.8 Å². The van der Waals surface area contributed by atoms with Crippen LogP contribution in [-0.2, 0) is 0 Å². The number of hydrogen-bond donors (Lipinski definition) is 0. The molecule has 0 heterocycles. The zero-order chi connectivity index (χ0) is 12.8. The van der Waals surface area contributed by atoms with Gasteiger partial charge < -0.3 is 0 Å². The van der Waals surface area contributed by atoms with Gasteiger partial charge in [0.05, 0.1) is 0 Å². The largest absolute Gasteiger partial charge is 0.121 e. The van der Waals surface area contributed by atoms with Crippen LogP contribution < -0.4 is 10.6 Å². The Hall–Kier alpha value is -1.61. The van der Waals surface area contributed by atoms with Gasteiger partial charge in [-0.05, 0) is 38.5 Å². The number of benzene rings is 2. The molecular formula is C17H17P. The average molecular weight is 252 g/mol. The summed E-state index contributed by atoms with van der Waals surface area (Å²) in [6.45, 7) is 4.19. The summed E-state index contributed by atoms with van der Waals surface area (Å²) in [5, 5.41) is 4.07. The highest BCUT2D eigenvalue weighted by molar-refractivity contribution is 7.76. The number of rotatable bonds is 3. The Balaban J connectivity index is 2.52. The van der Waals surface area contributed by atoms with E-state index in [1.165, 1.54) is 15.9 Å². The minimum absolute atomic E-state index is 0.444. The Bertz CT molecular complexity index is 509. The first-order chi connectivity index (χ1) is 8.83. The van der Waals surface area contributed by atoms with E-state index < -0.39 is 7.92 Å². The van der Waals surface area contributed by atoms with Gasteiger partial charge in [-0.1, -0.05) is 60.7 Å². The molecule has 1 heteroatoms. The molecule has 0 spiro atoms. The second kappa shape index (κ2) is 6.36. The fraction of sp³-hybridized carbons (Fsp3) is 0.118. The molecule has 0 aliphatic carbocycles. The molecule has 0 N–H and O–H groups in total. The minimum atomic E-state index is -0.444. The summed E-state index contributed by atoms with van der Waals surface area (Å²) in [6.07, 6.45) is 2.00. The molecule has 2 rings (SSSR count). The Labute approximate surface area is 110 Å². The number of hydrogen-bond acceptors (Lipinski definition) is 0. The van der Waals surface area contributed by atoms with E-state index in [1.54, 1.807) is 0 Å². The van der Waals surface area contributed by atoms with Crippen molar-refractivity contribution in [1.29, 1.82) is 0 Å². The first kappa shape index (κ1) is 12.8. The molecule has 0 unspecified atom stereocenters. The van der Waals surface area contributed by atoms with Crippen molar-refractivity contribution in [2.45, 2.75) is 13.8 Å². The lowest BCUT2D eigenvalue weighted by Crippen LogP contribution is -2.11. The molecule has 0 fully saturated rings. The standard InChI is InChI=1S/C17H17P/c1-3-10-15(2)18(16-11-6-4-7-12-16)17-13-8-5-9-14-17/h3-9,11-14H,1-2H3. The molecule has 2 aromatic carbocycles. The van der Waals surface area contributed by atoms with E-state index in [-0.39, 0.29) is 0 Å². The molecule has 0 nitrogen and oxygen atoms in total. The smallest absolute Gasteiger partial charge is 0.000860 e. The molecule has 0 saturated heterocycles. The van der Waals surface area contributed by atoms with Crippen molar-refractivity contribution in [3.63, 3.8) is 0 Å². The van der Waals surface area contributed by atoms with Crippen LogP contribution in [0.15, 0.2) is 77.8 Å². The maximum absolute atomic E-state index is 3.36. The summed E-state index contributed by atoms with van der Waals surface area (Å²) in [7, 11) is -0.444. The van der Waals surface area contributed by atoms with Crippen LogP contribution in [0.25, 0.3) is 0 Å². The van der Waals surface area contributed by atoms with Gasteiger partial charge in [0.25, 0.3) is 0 Å². The van der Waals surface area contributed by atoms with Gasteiger partial charge in [-0.3, -0.25) is 0 Å². The van der Waals surface area contributed by atoms with Crippen LogP contribution >= 0.6 is 7.92 Å². The van der Waals surface area contributed by atoms with Gasteiger partial charge >= 0.3 is 0 Å². The van der Waals surface area contributed by atoms with E-state index >= 15 is 0 Å². The third-order valence-electron chi connectivity index (χ3n) is 2.72. The van der Waals surface area contributed by atoms with Crippen LogP contribution in [0.4, 0.5) is 0 Å². The van der Waals surface area contributed by atoms with Crippen molar-refractivity contribution in [1.82, 2.24) is 0 Å². The van der Waals surface area contributed by atoms with Crippen molar-refractivity contribution >= 4 is 18.5 Å². The Kier molecular flexibility index (Phi) is 4.53. The van der Waals surface area contributed by atoms with Gasteiger partial charge in [-0.15, -0.1) is 5.73 Å². The van der Waals surface area contributed by atoms with Crippen LogP contribution in [0.2, 0.25) is 0 Å². The van der Waals surface area contributed by atoms with E-state index in [0.29, 0.717) is 0 Å². The summed E-state index contributed by atoms with van der Waals surface area (Å²) in [6, 6.07) is 21.4. The minimum Gasteiger partial charge on any atom is -0.121 e. The maximum Gasteiger partial charge on any atom is 0.000860 e. The van der Waals surface area contributed by atoms with E-state index in [4.69, 9.17) is 0 Å². The molecular weight excluding hydrogens is 235 g/mol. The van der Waals surface area contributed by atoms with E-state index in [1.807, 2.05) is 13.0 Å². The SMILES string of the molecule is CC=C=C(C)P(c1ccccc1)c1ccccc1. The van der Waals surface area contributed by atoms with Gasteiger partial charge in [-0.25, -0.2) is 0 Å². The molecule has 0 aliphatic heterocycles. The van der Waals surface area contributed by atoms with Crippen LogP contribution in [0.5, 0.6) is 0 Å². The van der Waals surface area contributed by atoms with E-state index in [2.05, 4.69) is 73.3 Å². The lowest BCUT2D eigenvalue weighted by molar-refractivity contribution is 1.64. The molecule has 0 amide bonds. The molecule has 18 heavy (non-hydrogen) atoms. The molecule has 0 aromatic heterocycles. The highest BCUT2D eigenvalue weighted by atomic mass is 31.1. The fourth-order valence-electron chi connectivity index (χ4n) is 1.96. The van der Waals surface area contributed by atoms with Gasteiger partial charge in [0.1, 0.15) is 0 Å². The lowest BCUT2D eigenvalue weighted by atomic mass is 10.4. The van der Waals surface area contributed by atoms with Gasteiger partial charge in [0.15, 0.2) is 0 Å². The molecule has 0 aliphatic rings. The van der Waals surface area contributed by atoms with Crippen LogP contribution in [0, 0.1) is 0 Å². The van der Waals surface area contributed by atoms with E-state index in [9.17, 15) is 0 Å². The molecule has 0 saturated carbocycles. The molecule has 90 valence electrons.